The van der Waals surface area contributed by atoms with Crippen molar-refractivity contribution in [3.8, 4) is 0 Å². The standard InChI is InChI=1S/C13H19N3O3/c1-4-11-10(7-9(3)15-16-11)12(17)14-6-5-8(2)13(18)19/h7-8H,4-6H2,1-3H3,(H,14,17)(H,18,19). The van der Waals surface area contributed by atoms with Crippen LogP contribution < -0.4 is 5.32 Å². The predicted molar refractivity (Wildman–Crippen MR) is 69.9 cm³/mol. The Balaban J connectivity index is 2.63. The van der Waals surface area contributed by atoms with Gasteiger partial charge in [-0.25, -0.2) is 0 Å². The van der Waals surface area contributed by atoms with Gasteiger partial charge in [0.05, 0.1) is 22.9 Å². The summed E-state index contributed by atoms with van der Waals surface area (Å²) in [6.45, 7) is 5.62. The topological polar surface area (TPSA) is 92.2 Å². The second-order valence-corrected chi connectivity index (χ2v) is 4.48. The Morgan fingerprint density at radius 3 is 2.68 bits per heavy atom. The third-order valence-electron chi connectivity index (χ3n) is 2.86. The van der Waals surface area contributed by atoms with E-state index in [1.807, 2.05) is 6.92 Å². The van der Waals surface area contributed by atoms with Gasteiger partial charge in [0.2, 0.25) is 0 Å². The quantitative estimate of drug-likeness (QED) is 0.806. The van der Waals surface area contributed by atoms with Crippen LogP contribution in [0, 0.1) is 12.8 Å². The number of aliphatic carboxylic acids is 1. The number of nitrogens with one attached hydrogen (secondary N) is 1. The van der Waals surface area contributed by atoms with Crippen LogP contribution in [0.4, 0.5) is 0 Å². The molecule has 1 atom stereocenters. The summed E-state index contributed by atoms with van der Waals surface area (Å²) in [5.41, 5.74) is 1.84. The summed E-state index contributed by atoms with van der Waals surface area (Å²) in [5, 5.41) is 19.4. The Morgan fingerprint density at radius 2 is 2.11 bits per heavy atom. The molecule has 0 saturated carbocycles. The van der Waals surface area contributed by atoms with Crippen LogP contribution in [-0.4, -0.2) is 33.7 Å². The number of hydrogen-bond acceptors (Lipinski definition) is 4. The summed E-state index contributed by atoms with van der Waals surface area (Å²) in [6, 6.07) is 1.70. The van der Waals surface area contributed by atoms with E-state index in [0.29, 0.717) is 36.3 Å². The van der Waals surface area contributed by atoms with Crippen molar-refractivity contribution in [1.82, 2.24) is 15.5 Å². The Hall–Kier alpha value is -1.98. The highest BCUT2D eigenvalue weighted by atomic mass is 16.4. The molecule has 0 saturated heterocycles. The molecule has 1 unspecified atom stereocenters. The minimum atomic E-state index is -0.857. The molecular weight excluding hydrogens is 246 g/mol. The summed E-state index contributed by atoms with van der Waals surface area (Å²) >= 11 is 0. The van der Waals surface area contributed by atoms with Crippen molar-refractivity contribution in [1.29, 1.82) is 0 Å². The second kappa shape index (κ2) is 6.82. The molecule has 1 aromatic rings. The van der Waals surface area contributed by atoms with Crippen molar-refractivity contribution in [2.24, 2.45) is 5.92 Å². The lowest BCUT2D eigenvalue weighted by Crippen LogP contribution is -2.28. The smallest absolute Gasteiger partial charge is 0.306 e. The van der Waals surface area contributed by atoms with E-state index in [0.717, 1.165) is 0 Å². The molecule has 104 valence electrons. The molecule has 19 heavy (non-hydrogen) atoms. The van der Waals surface area contributed by atoms with E-state index < -0.39 is 11.9 Å². The number of aromatic nitrogens is 2. The zero-order valence-electron chi connectivity index (χ0n) is 11.4. The number of hydrogen-bond donors (Lipinski definition) is 2. The molecule has 0 aromatic carbocycles. The molecule has 0 radical (unpaired) electrons. The van der Waals surface area contributed by atoms with Gasteiger partial charge in [0.1, 0.15) is 0 Å². The molecule has 2 N–H and O–H groups in total. The van der Waals surface area contributed by atoms with Gasteiger partial charge in [0.25, 0.3) is 5.91 Å². The van der Waals surface area contributed by atoms with Gasteiger partial charge >= 0.3 is 5.97 Å². The lowest BCUT2D eigenvalue weighted by atomic mass is 10.1. The number of carboxylic acid groups (broad SMARTS) is 1. The number of amides is 1. The third kappa shape index (κ3) is 4.31. The van der Waals surface area contributed by atoms with Crippen molar-refractivity contribution in [3.63, 3.8) is 0 Å². The summed E-state index contributed by atoms with van der Waals surface area (Å²) in [5.74, 6) is -1.55. The lowest BCUT2D eigenvalue weighted by molar-refractivity contribution is -0.141. The number of nitrogens with zero attached hydrogens (tertiary/aromatic N) is 2. The van der Waals surface area contributed by atoms with Gasteiger partial charge in [0.15, 0.2) is 0 Å². The maximum atomic E-state index is 12.0. The van der Waals surface area contributed by atoms with Gasteiger partial charge < -0.3 is 10.4 Å². The van der Waals surface area contributed by atoms with E-state index in [1.165, 1.54) is 0 Å². The Bertz CT molecular complexity index is 474. The van der Waals surface area contributed by atoms with Gasteiger partial charge in [-0.05, 0) is 25.8 Å². The first-order chi connectivity index (χ1) is 8.95. The monoisotopic (exact) mass is 265 g/mol. The number of aryl methyl sites for hydroxylation is 2. The number of carboxylic acids is 1. The summed E-state index contributed by atoms with van der Waals surface area (Å²) < 4.78 is 0. The maximum absolute atomic E-state index is 12.0. The van der Waals surface area contributed by atoms with E-state index in [-0.39, 0.29) is 5.91 Å². The molecule has 1 amide bonds. The van der Waals surface area contributed by atoms with Gasteiger partial charge in [-0.15, -0.1) is 0 Å². The first-order valence-corrected chi connectivity index (χ1v) is 6.29. The average molecular weight is 265 g/mol. The zero-order chi connectivity index (χ0) is 14.4. The molecule has 0 spiro atoms. The van der Waals surface area contributed by atoms with E-state index in [2.05, 4.69) is 15.5 Å². The van der Waals surface area contributed by atoms with Crippen LogP contribution in [0.2, 0.25) is 0 Å². The highest BCUT2D eigenvalue weighted by Crippen LogP contribution is 2.08. The van der Waals surface area contributed by atoms with Crippen LogP contribution in [0.1, 0.15) is 42.0 Å². The molecule has 0 bridgehead atoms. The normalized spacial score (nSPS) is 11.9. The Kier molecular flexibility index (Phi) is 5.41. The fraction of sp³-hybridized carbons (Fsp3) is 0.538. The van der Waals surface area contributed by atoms with Gasteiger partial charge in [-0.1, -0.05) is 13.8 Å². The first kappa shape index (κ1) is 15.1. The average Bonchev–Trinajstić information content (AvgIpc) is 2.38. The van der Waals surface area contributed by atoms with Crippen LogP contribution in [0.15, 0.2) is 6.07 Å². The van der Waals surface area contributed by atoms with Crippen LogP contribution in [-0.2, 0) is 11.2 Å². The van der Waals surface area contributed by atoms with Crippen molar-refractivity contribution in [3.05, 3.63) is 23.0 Å². The number of carbonyl (C=O) groups excluding carboxylic acids is 1. The van der Waals surface area contributed by atoms with Crippen LogP contribution in [0.25, 0.3) is 0 Å². The molecule has 1 rings (SSSR count). The van der Waals surface area contributed by atoms with Crippen LogP contribution in [0.3, 0.4) is 0 Å². The molecule has 6 heteroatoms. The van der Waals surface area contributed by atoms with Crippen LogP contribution in [0.5, 0.6) is 0 Å². The van der Waals surface area contributed by atoms with Gasteiger partial charge in [-0.3, -0.25) is 9.59 Å². The van der Waals surface area contributed by atoms with Gasteiger partial charge in [0, 0.05) is 6.54 Å². The number of rotatable bonds is 6. The predicted octanol–water partition coefficient (Wildman–Crippen LogP) is 1.19. The summed E-state index contributed by atoms with van der Waals surface area (Å²) in [4.78, 5) is 22.7. The second-order valence-electron chi connectivity index (χ2n) is 4.48. The lowest BCUT2D eigenvalue weighted by Gasteiger charge is -2.10. The fourth-order valence-electron chi connectivity index (χ4n) is 1.59. The van der Waals surface area contributed by atoms with E-state index >= 15 is 0 Å². The molecular formula is C13H19N3O3. The maximum Gasteiger partial charge on any atom is 0.306 e. The first-order valence-electron chi connectivity index (χ1n) is 6.29. The van der Waals surface area contributed by atoms with Gasteiger partial charge in [-0.2, -0.15) is 10.2 Å². The highest BCUT2D eigenvalue weighted by Gasteiger charge is 2.14. The molecule has 1 heterocycles. The third-order valence-corrected chi connectivity index (χ3v) is 2.86. The Morgan fingerprint density at radius 1 is 1.42 bits per heavy atom. The largest absolute Gasteiger partial charge is 0.481 e. The molecule has 6 nitrogen and oxygen atoms in total. The zero-order valence-corrected chi connectivity index (χ0v) is 11.4. The molecule has 1 aromatic heterocycles. The van der Waals surface area contributed by atoms with Crippen molar-refractivity contribution in [2.75, 3.05) is 6.54 Å². The fourth-order valence-corrected chi connectivity index (χ4v) is 1.59. The number of carbonyl (C=O) groups is 2. The van der Waals surface area contributed by atoms with Crippen molar-refractivity contribution >= 4 is 11.9 Å². The Labute approximate surface area is 112 Å². The van der Waals surface area contributed by atoms with Crippen molar-refractivity contribution < 1.29 is 14.7 Å². The van der Waals surface area contributed by atoms with Crippen LogP contribution >= 0.6 is 0 Å². The highest BCUT2D eigenvalue weighted by molar-refractivity contribution is 5.95. The molecule has 0 aliphatic heterocycles. The SMILES string of the molecule is CCc1nnc(C)cc1C(=O)NCCC(C)C(=O)O. The minimum absolute atomic E-state index is 0.229. The molecule has 0 fully saturated rings. The summed E-state index contributed by atoms with van der Waals surface area (Å²) in [7, 11) is 0. The van der Waals surface area contributed by atoms with E-state index in [4.69, 9.17) is 5.11 Å². The molecule has 0 aliphatic carbocycles. The minimum Gasteiger partial charge on any atom is -0.481 e. The molecule has 0 aliphatic rings. The van der Waals surface area contributed by atoms with E-state index in [9.17, 15) is 9.59 Å². The summed E-state index contributed by atoms with van der Waals surface area (Å²) in [6.07, 6.45) is 1.03. The van der Waals surface area contributed by atoms with Crippen molar-refractivity contribution in [2.45, 2.75) is 33.6 Å². The van der Waals surface area contributed by atoms with E-state index in [1.54, 1.807) is 19.9 Å².